The second kappa shape index (κ2) is 6.21. The van der Waals surface area contributed by atoms with Crippen molar-refractivity contribution in [2.45, 2.75) is 44.7 Å². The Morgan fingerprint density at radius 1 is 1.33 bits per heavy atom. The Kier molecular flexibility index (Phi) is 4.75. The van der Waals surface area contributed by atoms with Crippen molar-refractivity contribution in [2.24, 2.45) is 5.92 Å². The van der Waals surface area contributed by atoms with Gasteiger partial charge in [-0.15, -0.1) is 0 Å². The molecule has 0 spiro atoms. The van der Waals surface area contributed by atoms with Crippen LogP contribution in [0.4, 0.5) is 4.79 Å². The fourth-order valence-electron chi connectivity index (χ4n) is 3.05. The van der Waals surface area contributed by atoms with Crippen molar-refractivity contribution in [3.63, 3.8) is 0 Å². The number of likely N-dealkylation sites (tertiary alicyclic amines) is 1. The minimum absolute atomic E-state index is 0.0537. The van der Waals surface area contributed by atoms with E-state index in [-0.39, 0.29) is 11.5 Å². The molecule has 2 heterocycles. The number of aliphatic carboxylic acids is 1. The van der Waals surface area contributed by atoms with Crippen LogP contribution < -0.4 is 5.32 Å². The number of sulfone groups is 1. The summed E-state index contributed by atoms with van der Waals surface area (Å²) in [5, 5.41) is 12.0. The first-order chi connectivity index (χ1) is 9.82. The van der Waals surface area contributed by atoms with E-state index in [2.05, 4.69) is 5.32 Å². The van der Waals surface area contributed by atoms with Gasteiger partial charge in [-0.3, -0.25) is 0 Å². The van der Waals surface area contributed by atoms with Gasteiger partial charge in [0.05, 0.1) is 11.5 Å². The number of hydrogen-bond donors (Lipinski definition) is 2. The predicted octanol–water partition coefficient (Wildman–Crippen LogP) is 0.458. The van der Waals surface area contributed by atoms with Crippen LogP contribution in [0.15, 0.2) is 0 Å². The van der Waals surface area contributed by atoms with E-state index in [1.165, 1.54) is 4.90 Å². The molecule has 0 aromatic rings. The van der Waals surface area contributed by atoms with Crippen LogP contribution in [0.5, 0.6) is 0 Å². The van der Waals surface area contributed by atoms with Gasteiger partial charge in [-0.05, 0) is 25.2 Å². The van der Waals surface area contributed by atoms with Crippen molar-refractivity contribution in [1.82, 2.24) is 10.2 Å². The van der Waals surface area contributed by atoms with Crippen molar-refractivity contribution in [3.8, 4) is 0 Å². The highest BCUT2D eigenvalue weighted by Crippen LogP contribution is 2.26. The summed E-state index contributed by atoms with van der Waals surface area (Å²) >= 11 is 0. The Bertz CT molecular complexity index is 519. The van der Waals surface area contributed by atoms with Gasteiger partial charge in [0.2, 0.25) is 0 Å². The highest BCUT2D eigenvalue weighted by atomic mass is 32.2. The van der Waals surface area contributed by atoms with Crippen molar-refractivity contribution >= 4 is 21.8 Å². The molecule has 0 radical (unpaired) electrons. The maximum absolute atomic E-state index is 12.2. The lowest BCUT2D eigenvalue weighted by Crippen LogP contribution is -2.55. The number of rotatable bonds is 3. The van der Waals surface area contributed by atoms with E-state index in [0.29, 0.717) is 25.3 Å². The Hall–Kier alpha value is -1.31. The number of nitrogens with one attached hydrogen (secondary N) is 1. The first kappa shape index (κ1) is 16.1. The van der Waals surface area contributed by atoms with E-state index >= 15 is 0 Å². The van der Waals surface area contributed by atoms with Crippen LogP contribution in [-0.2, 0) is 14.6 Å². The number of amides is 2. The second-order valence-corrected chi connectivity index (χ2v) is 8.12. The van der Waals surface area contributed by atoms with E-state index < -0.39 is 33.9 Å². The van der Waals surface area contributed by atoms with Crippen LogP contribution in [-0.4, -0.2) is 60.6 Å². The monoisotopic (exact) mass is 318 g/mol. The second-order valence-electron chi connectivity index (χ2n) is 5.90. The zero-order valence-electron chi connectivity index (χ0n) is 12.1. The van der Waals surface area contributed by atoms with Gasteiger partial charge in [-0.1, -0.05) is 13.3 Å². The zero-order valence-corrected chi connectivity index (χ0v) is 12.9. The van der Waals surface area contributed by atoms with Crippen LogP contribution in [0.1, 0.15) is 32.6 Å². The third kappa shape index (κ3) is 3.87. The summed E-state index contributed by atoms with van der Waals surface area (Å²) in [5.74, 6) is -0.649. The minimum Gasteiger partial charge on any atom is -0.480 e. The summed E-state index contributed by atoms with van der Waals surface area (Å²) in [6, 6.07) is -1.68. The molecular formula is C13H22N2O5S. The van der Waals surface area contributed by atoms with Gasteiger partial charge in [-0.2, -0.15) is 0 Å². The molecule has 21 heavy (non-hydrogen) atoms. The van der Waals surface area contributed by atoms with Gasteiger partial charge in [0.1, 0.15) is 6.04 Å². The summed E-state index contributed by atoms with van der Waals surface area (Å²) in [7, 11) is -3.06. The number of carbonyl (C=O) groups excluding carboxylic acids is 1. The lowest BCUT2D eigenvalue weighted by molar-refractivity contribution is -0.144. The molecule has 7 nitrogen and oxygen atoms in total. The number of nitrogens with zero attached hydrogens (tertiary/aromatic N) is 1. The smallest absolute Gasteiger partial charge is 0.326 e. The SMILES string of the molecule is CCC1CCN(C(=O)NC2CCS(=O)(=O)C2)C(C(=O)O)C1. The lowest BCUT2D eigenvalue weighted by atomic mass is 9.89. The molecule has 8 heteroatoms. The molecule has 3 unspecified atom stereocenters. The minimum atomic E-state index is -3.06. The van der Waals surface area contributed by atoms with Crippen LogP contribution in [0, 0.1) is 5.92 Å². The first-order valence-corrected chi connectivity index (χ1v) is 9.15. The zero-order chi connectivity index (χ0) is 15.6. The third-order valence-corrected chi connectivity index (χ3v) is 6.16. The quantitative estimate of drug-likeness (QED) is 0.786. The number of carbonyl (C=O) groups is 2. The number of urea groups is 1. The number of hydrogen-bond acceptors (Lipinski definition) is 4. The molecule has 2 aliphatic rings. The lowest BCUT2D eigenvalue weighted by Gasteiger charge is -2.37. The molecule has 120 valence electrons. The molecule has 0 aromatic carbocycles. The molecule has 0 saturated carbocycles. The van der Waals surface area contributed by atoms with Gasteiger partial charge in [0, 0.05) is 12.6 Å². The highest BCUT2D eigenvalue weighted by molar-refractivity contribution is 7.91. The number of piperidine rings is 1. The molecule has 2 fully saturated rings. The third-order valence-electron chi connectivity index (χ3n) is 4.39. The van der Waals surface area contributed by atoms with Crippen molar-refractivity contribution in [3.05, 3.63) is 0 Å². The summed E-state index contributed by atoms with van der Waals surface area (Å²) in [4.78, 5) is 24.9. The molecule has 2 N–H and O–H groups in total. The summed E-state index contributed by atoms with van der Waals surface area (Å²) in [6.07, 6.45) is 2.55. The van der Waals surface area contributed by atoms with Crippen LogP contribution in [0.3, 0.4) is 0 Å². The van der Waals surface area contributed by atoms with Gasteiger partial charge >= 0.3 is 12.0 Å². The standard InChI is InChI=1S/C13H22N2O5S/c1-2-9-3-5-15(11(7-9)12(16)17)13(18)14-10-4-6-21(19,20)8-10/h9-11H,2-8H2,1H3,(H,14,18)(H,16,17). The fourth-order valence-corrected chi connectivity index (χ4v) is 4.73. The Labute approximate surface area is 124 Å². The number of carboxylic acid groups (broad SMARTS) is 1. The molecule has 2 amide bonds. The Morgan fingerprint density at radius 3 is 2.57 bits per heavy atom. The van der Waals surface area contributed by atoms with Crippen molar-refractivity contribution in [2.75, 3.05) is 18.1 Å². The highest BCUT2D eigenvalue weighted by Gasteiger charge is 2.37. The van der Waals surface area contributed by atoms with Crippen LogP contribution in [0.2, 0.25) is 0 Å². The Morgan fingerprint density at radius 2 is 2.05 bits per heavy atom. The normalized spacial score (nSPS) is 31.9. The van der Waals surface area contributed by atoms with Gasteiger partial charge in [-0.25, -0.2) is 18.0 Å². The molecule has 0 aliphatic carbocycles. The average Bonchev–Trinajstić information content (AvgIpc) is 2.77. The van der Waals surface area contributed by atoms with Crippen molar-refractivity contribution < 1.29 is 23.1 Å². The fraction of sp³-hybridized carbons (Fsp3) is 0.846. The molecule has 3 atom stereocenters. The van der Waals surface area contributed by atoms with E-state index in [0.717, 1.165) is 12.8 Å². The molecule has 0 aromatic heterocycles. The number of carboxylic acids is 1. The molecule has 2 aliphatic heterocycles. The molecule has 2 saturated heterocycles. The van der Waals surface area contributed by atoms with Crippen LogP contribution >= 0.6 is 0 Å². The van der Waals surface area contributed by atoms with E-state index in [1.54, 1.807) is 0 Å². The average molecular weight is 318 g/mol. The summed E-state index contributed by atoms with van der Waals surface area (Å²) in [5.41, 5.74) is 0. The topological polar surface area (TPSA) is 104 Å². The first-order valence-electron chi connectivity index (χ1n) is 7.32. The summed E-state index contributed by atoms with van der Waals surface area (Å²) in [6.45, 7) is 2.42. The van der Waals surface area contributed by atoms with Gasteiger partial charge in [0.25, 0.3) is 0 Å². The van der Waals surface area contributed by atoms with Gasteiger partial charge in [0.15, 0.2) is 9.84 Å². The maximum atomic E-state index is 12.2. The molecule has 2 rings (SSSR count). The predicted molar refractivity (Wildman–Crippen MR) is 76.7 cm³/mol. The van der Waals surface area contributed by atoms with Crippen molar-refractivity contribution in [1.29, 1.82) is 0 Å². The van der Waals surface area contributed by atoms with E-state index in [4.69, 9.17) is 0 Å². The van der Waals surface area contributed by atoms with Gasteiger partial charge < -0.3 is 15.3 Å². The Balaban J connectivity index is 1.99. The summed E-state index contributed by atoms with van der Waals surface area (Å²) < 4.78 is 22.8. The van der Waals surface area contributed by atoms with Crippen LogP contribution in [0.25, 0.3) is 0 Å². The maximum Gasteiger partial charge on any atom is 0.326 e. The molecule has 0 bridgehead atoms. The van der Waals surface area contributed by atoms with E-state index in [9.17, 15) is 23.1 Å². The van der Waals surface area contributed by atoms with E-state index in [1.807, 2.05) is 6.92 Å². The largest absolute Gasteiger partial charge is 0.480 e. The molecular weight excluding hydrogens is 296 g/mol.